The molecule has 2 saturated heterocycles. The summed E-state index contributed by atoms with van der Waals surface area (Å²) in [6.45, 7) is 0.811. The van der Waals surface area contributed by atoms with Crippen LogP contribution in [0.3, 0.4) is 0 Å². The molecular formula is C23H24Cl3N3O2. The van der Waals surface area contributed by atoms with Crippen molar-refractivity contribution >= 4 is 46.6 Å². The normalized spacial score (nSPS) is 22.9. The predicted octanol–water partition coefficient (Wildman–Crippen LogP) is 4.69. The second kappa shape index (κ2) is 9.78. The molecule has 3 atom stereocenters. The Morgan fingerprint density at radius 1 is 0.935 bits per heavy atom. The van der Waals surface area contributed by atoms with E-state index in [1.54, 1.807) is 12.1 Å². The monoisotopic (exact) mass is 479 g/mol. The second-order valence-electron chi connectivity index (χ2n) is 8.23. The van der Waals surface area contributed by atoms with Gasteiger partial charge in [0.1, 0.15) is 0 Å². The van der Waals surface area contributed by atoms with Crippen LogP contribution in [0.15, 0.2) is 42.5 Å². The van der Waals surface area contributed by atoms with Crippen LogP contribution in [0, 0.1) is 0 Å². The van der Waals surface area contributed by atoms with Crippen LogP contribution in [0.4, 0.5) is 0 Å². The summed E-state index contributed by atoms with van der Waals surface area (Å²) >= 11 is 18.0. The van der Waals surface area contributed by atoms with E-state index >= 15 is 0 Å². The number of halogens is 3. The molecule has 2 aliphatic rings. The van der Waals surface area contributed by atoms with E-state index in [1.165, 1.54) is 11.6 Å². The molecule has 2 aromatic carbocycles. The third-order valence-corrected chi connectivity index (χ3v) is 6.93. The van der Waals surface area contributed by atoms with E-state index in [0.717, 1.165) is 37.3 Å². The van der Waals surface area contributed by atoms with E-state index in [-0.39, 0.29) is 24.1 Å². The van der Waals surface area contributed by atoms with Gasteiger partial charge in [0.2, 0.25) is 5.91 Å². The summed E-state index contributed by atoms with van der Waals surface area (Å²) in [6, 6.07) is 13.7. The average Bonchev–Trinajstić information content (AvgIpc) is 2.97. The van der Waals surface area contributed by atoms with E-state index in [4.69, 9.17) is 34.8 Å². The number of hydrogen-bond acceptors (Lipinski definition) is 3. The van der Waals surface area contributed by atoms with E-state index in [2.05, 4.69) is 27.7 Å². The first-order valence-electron chi connectivity index (χ1n) is 10.4. The largest absolute Gasteiger partial charge is 0.352 e. The van der Waals surface area contributed by atoms with Crippen molar-refractivity contribution < 1.29 is 9.59 Å². The maximum atomic E-state index is 12.4. The standard InChI is InChI=1S/C23H24Cl3N3O2/c24-15-3-1-14(2-4-15)13-29-18-6-7-19(29)11-17(10-18)28-22(30)12-27-23(31)20-9-16(25)5-8-21(20)26/h1-5,8-9,17-19H,6-7,10-13H2,(H,27,31)(H,28,30)/t17-,18+,19-. The van der Waals surface area contributed by atoms with Crippen molar-refractivity contribution in [1.29, 1.82) is 0 Å². The Balaban J connectivity index is 1.27. The Bertz CT molecular complexity index is 953. The average molecular weight is 481 g/mol. The molecule has 5 nitrogen and oxygen atoms in total. The van der Waals surface area contributed by atoms with Gasteiger partial charge in [0, 0.05) is 34.7 Å². The molecular weight excluding hydrogens is 457 g/mol. The molecule has 0 aliphatic carbocycles. The summed E-state index contributed by atoms with van der Waals surface area (Å²) in [5.74, 6) is -0.609. The summed E-state index contributed by atoms with van der Waals surface area (Å²) < 4.78 is 0. The number of hydrogen-bond donors (Lipinski definition) is 2. The van der Waals surface area contributed by atoms with Crippen LogP contribution in [0.5, 0.6) is 0 Å². The zero-order valence-electron chi connectivity index (χ0n) is 16.9. The van der Waals surface area contributed by atoms with E-state index in [0.29, 0.717) is 22.1 Å². The van der Waals surface area contributed by atoms with Crippen LogP contribution >= 0.6 is 34.8 Å². The third kappa shape index (κ3) is 5.53. The highest BCUT2D eigenvalue weighted by Gasteiger charge is 2.40. The molecule has 0 aromatic heterocycles. The number of piperidine rings is 1. The van der Waals surface area contributed by atoms with Crippen molar-refractivity contribution in [3.8, 4) is 0 Å². The molecule has 2 N–H and O–H groups in total. The fourth-order valence-corrected chi connectivity index (χ4v) is 5.16. The number of nitrogens with zero attached hydrogens (tertiary/aromatic N) is 1. The molecule has 2 amide bonds. The highest BCUT2D eigenvalue weighted by Crippen LogP contribution is 2.37. The summed E-state index contributed by atoms with van der Waals surface area (Å²) in [6.07, 6.45) is 4.14. The van der Waals surface area contributed by atoms with Gasteiger partial charge in [0.25, 0.3) is 5.91 Å². The fourth-order valence-electron chi connectivity index (χ4n) is 4.66. The van der Waals surface area contributed by atoms with Gasteiger partial charge in [0.15, 0.2) is 0 Å². The van der Waals surface area contributed by atoms with Gasteiger partial charge in [-0.2, -0.15) is 0 Å². The van der Waals surface area contributed by atoms with Gasteiger partial charge in [-0.05, 0) is 61.6 Å². The number of rotatable bonds is 6. The number of fused-ring (bicyclic) bond motifs is 2. The number of benzene rings is 2. The predicted molar refractivity (Wildman–Crippen MR) is 124 cm³/mol. The topological polar surface area (TPSA) is 61.4 Å². The Morgan fingerprint density at radius 2 is 1.58 bits per heavy atom. The van der Waals surface area contributed by atoms with Crippen LogP contribution < -0.4 is 10.6 Å². The zero-order valence-corrected chi connectivity index (χ0v) is 19.2. The summed E-state index contributed by atoms with van der Waals surface area (Å²) in [5.41, 5.74) is 1.52. The molecule has 2 aromatic rings. The number of amides is 2. The van der Waals surface area contributed by atoms with Crippen molar-refractivity contribution in [3.05, 3.63) is 68.7 Å². The second-order valence-corrected chi connectivity index (χ2v) is 9.51. The molecule has 0 saturated carbocycles. The molecule has 8 heteroatoms. The Hall–Kier alpha value is -1.79. The lowest BCUT2D eigenvalue weighted by molar-refractivity contribution is -0.121. The molecule has 31 heavy (non-hydrogen) atoms. The molecule has 2 bridgehead atoms. The third-order valence-electron chi connectivity index (χ3n) is 6.11. The van der Waals surface area contributed by atoms with Crippen molar-refractivity contribution in [1.82, 2.24) is 15.5 Å². The van der Waals surface area contributed by atoms with Crippen LogP contribution in [-0.4, -0.2) is 41.4 Å². The van der Waals surface area contributed by atoms with Gasteiger partial charge >= 0.3 is 0 Å². The lowest BCUT2D eigenvalue weighted by Gasteiger charge is -2.39. The summed E-state index contributed by atoms with van der Waals surface area (Å²) in [7, 11) is 0. The van der Waals surface area contributed by atoms with E-state index in [9.17, 15) is 9.59 Å². The van der Waals surface area contributed by atoms with Gasteiger partial charge in [-0.15, -0.1) is 0 Å². The molecule has 0 unspecified atom stereocenters. The van der Waals surface area contributed by atoms with Gasteiger partial charge in [-0.25, -0.2) is 0 Å². The number of carbonyl (C=O) groups excluding carboxylic acids is 2. The maximum absolute atomic E-state index is 12.4. The Morgan fingerprint density at radius 3 is 2.26 bits per heavy atom. The minimum atomic E-state index is -0.416. The first-order valence-corrected chi connectivity index (χ1v) is 11.5. The molecule has 2 heterocycles. The maximum Gasteiger partial charge on any atom is 0.253 e. The van der Waals surface area contributed by atoms with Crippen LogP contribution in [0.1, 0.15) is 41.6 Å². The lowest BCUT2D eigenvalue weighted by Crippen LogP contribution is -2.51. The Labute approximate surface area is 197 Å². The van der Waals surface area contributed by atoms with E-state index < -0.39 is 5.91 Å². The van der Waals surface area contributed by atoms with Crippen molar-refractivity contribution in [3.63, 3.8) is 0 Å². The van der Waals surface area contributed by atoms with Crippen molar-refractivity contribution in [2.24, 2.45) is 0 Å². The minimum absolute atomic E-state index is 0.0952. The molecule has 2 aliphatic heterocycles. The first kappa shape index (κ1) is 22.4. The Kier molecular flexibility index (Phi) is 7.07. The van der Waals surface area contributed by atoms with Crippen molar-refractivity contribution in [2.45, 2.75) is 50.4 Å². The minimum Gasteiger partial charge on any atom is -0.352 e. The quantitative estimate of drug-likeness (QED) is 0.631. The molecule has 0 spiro atoms. The van der Waals surface area contributed by atoms with Gasteiger partial charge in [-0.3, -0.25) is 14.5 Å². The lowest BCUT2D eigenvalue weighted by atomic mass is 9.96. The highest BCUT2D eigenvalue weighted by atomic mass is 35.5. The summed E-state index contributed by atoms with van der Waals surface area (Å²) in [5, 5.41) is 7.18. The number of nitrogens with one attached hydrogen (secondary N) is 2. The van der Waals surface area contributed by atoms with Crippen LogP contribution in [-0.2, 0) is 11.3 Å². The van der Waals surface area contributed by atoms with Gasteiger partial charge in [-0.1, -0.05) is 46.9 Å². The molecule has 4 rings (SSSR count). The van der Waals surface area contributed by atoms with E-state index in [1.807, 2.05) is 12.1 Å². The molecule has 2 fully saturated rings. The summed E-state index contributed by atoms with van der Waals surface area (Å²) in [4.78, 5) is 27.3. The van der Waals surface area contributed by atoms with Crippen molar-refractivity contribution in [2.75, 3.05) is 6.54 Å². The highest BCUT2D eigenvalue weighted by molar-refractivity contribution is 6.35. The smallest absolute Gasteiger partial charge is 0.253 e. The van der Waals surface area contributed by atoms with Crippen LogP contribution in [0.25, 0.3) is 0 Å². The molecule has 164 valence electrons. The fraction of sp³-hybridized carbons (Fsp3) is 0.391. The van der Waals surface area contributed by atoms with Crippen LogP contribution in [0.2, 0.25) is 15.1 Å². The zero-order chi connectivity index (χ0) is 22.0. The molecule has 0 radical (unpaired) electrons. The SMILES string of the molecule is O=C(CNC(=O)c1cc(Cl)ccc1Cl)N[C@H]1C[C@H]2CC[C@@H](C1)N2Cc1ccc(Cl)cc1. The van der Waals surface area contributed by atoms with Gasteiger partial charge in [0.05, 0.1) is 17.1 Å². The number of carbonyl (C=O) groups is 2. The van der Waals surface area contributed by atoms with Gasteiger partial charge < -0.3 is 10.6 Å². The first-order chi connectivity index (χ1) is 14.9.